The molecule has 0 aromatic heterocycles. The van der Waals surface area contributed by atoms with Crippen molar-refractivity contribution >= 4 is 0 Å². The number of rotatable bonds is 4. The molecule has 0 aliphatic carbocycles. The van der Waals surface area contributed by atoms with E-state index in [0.717, 1.165) is 23.3 Å². The highest BCUT2D eigenvalue weighted by molar-refractivity contribution is 5.30. The molecule has 6 heteroatoms. The summed E-state index contributed by atoms with van der Waals surface area (Å²) in [6, 6.07) is 12.6. The van der Waals surface area contributed by atoms with E-state index in [1.54, 1.807) is 6.07 Å². The molecule has 1 aliphatic heterocycles. The molecule has 1 aliphatic rings. The molecule has 2 N–H and O–H groups in total. The number of benzene rings is 2. The van der Waals surface area contributed by atoms with Gasteiger partial charge in [0, 0.05) is 19.6 Å². The Morgan fingerprint density at radius 2 is 1.70 bits per heavy atom. The van der Waals surface area contributed by atoms with Crippen LogP contribution in [0.3, 0.4) is 0 Å². The Labute approximate surface area is 157 Å². The molecule has 0 radical (unpaired) electrons. The highest BCUT2D eigenvalue weighted by Crippen LogP contribution is 2.37. The van der Waals surface area contributed by atoms with Gasteiger partial charge in [-0.2, -0.15) is 13.2 Å². The lowest BCUT2D eigenvalue weighted by atomic mass is 9.83. The number of alkyl halides is 3. The van der Waals surface area contributed by atoms with E-state index in [4.69, 9.17) is 0 Å². The van der Waals surface area contributed by atoms with Crippen molar-refractivity contribution in [3.05, 3.63) is 70.8 Å². The summed E-state index contributed by atoms with van der Waals surface area (Å²) in [4.78, 5) is 2.03. The molecule has 2 aromatic rings. The molecule has 3 nitrogen and oxygen atoms in total. The quantitative estimate of drug-likeness (QED) is 0.843. The summed E-state index contributed by atoms with van der Waals surface area (Å²) in [7, 11) is 0. The van der Waals surface area contributed by atoms with Gasteiger partial charge in [-0.25, -0.2) is 0 Å². The number of likely N-dealkylation sites (tertiary alicyclic amines) is 1. The number of aliphatic hydroxyl groups is 2. The third kappa shape index (κ3) is 4.69. The van der Waals surface area contributed by atoms with Gasteiger partial charge in [0.2, 0.25) is 0 Å². The van der Waals surface area contributed by atoms with Crippen LogP contribution in [0.2, 0.25) is 0 Å². The maximum absolute atomic E-state index is 12.9. The maximum Gasteiger partial charge on any atom is 0.416 e. The molecule has 1 unspecified atom stereocenters. The van der Waals surface area contributed by atoms with E-state index in [1.165, 1.54) is 6.07 Å². The minimum Gasteiger partial charge on any atom is -0.387 e. The second-order valence-corrected chi connectivity index (χ2v) is 7.34. The Bertz CT molecular complexity index is 766. The second-order valence-electron chi connectivity index (χ2n) is 7.34. The van der Waals surface area contributed by atoms with Crippen molar-refractivity contribution in [2.75, 3.05) is 19.6 Å². The average molecular weight is 379 g/mol. The summed E-state index contributed by atoms with van der Waals surface area (Å²) in [5.41, 5.74) is 0.239. The summed E-state index contributed by atoms with van der Waals surface area (Å²) >= 11 is 0. The zero-order chi connectivity index (χ0) is 19.7. The number of hydrogen-bond donors (Lipinski definition) is 2. The van der Waals surface area contributed by atoms with Crippen LogP contribution in [0.5, 0.6) is 0 Å². The summed E-state index contributed by atoms with van der Waals surface area (Å²) in [5, 5.41) is 21.3. The smallest absolute Gasteiger partial charge is 0.387 e. The molecule has 1 atom stereocenters. The number of aryl methyl sites for hydroxylation is 1. The molecule has 1 heterocycles. The van der Waals surface area contributed by atoms with Crippen molar-refractivity contribution in [3.8, 4) is 0 Å². The summed E-state index contributed by atoms with van der Waals surface area (Å²) in [6.07, 6.45) is -4.40. The predicted molar refractivity (Wildman–Crippen MR) is 97.2 cm³/mol. The fourth-order valence-electron chi connectivity index (χ4n) is 3.52. The first kappa shape index (κ1) is 19.9. The minimum atomic E-state index is -4.43. The van der Waals surface area contributed by atoms with Crippen molar-refractivity contribution in [2.24, 2.45) is 0 Å². The third-order valence-corrected chi connectivity index (χ3v) is 5.30. The van der Waals surface area contributed by atoms with E-state index < -0.39 is 23.4 Å². The summed E-state index contributed by atoms with van der Waals surface area (Å²) < 4.78 is 38.8. The molecule has 0 spiro atoms. The molecule has 2 aromatic carbocycles. The summed E-state index contributed by atoms with van der Waals surface area (Å²) in [5.74, 6) is 0. The van der Waals surface area contributed by atoms with Gasteiger partial charge < -0.3 is 15.1 Å². The molecule has 146 valence electrons. The molecule has 3 rings (SSSR count). The number of halogens is 3. The fourth-order valence-corrected chi connectivity index (χ4v) is 3.52. The first-order valence-electron chi connectivity index (χ1n) is 9.04. The normalized spacial score (nSPS) is 19.0. The molecular weight excluding hydrogens is 355 g/mol. The van der Waals surface area contributed by atoms with Gasteiger partial charge in [0.05, 0.1) is 17.3 Å². The number of hydrogen-bond acceptors (Lipinski definition) is 3. The van der Waals surface area contributed by atoms with E-state index in [2.05, 4.69) is 0 Å². The standard InChI is InChI=1S/C21H24F3NO2/c1-15-5-7-16(8-6-15)19(26)14-25-11-9-20(27,10-12-25)17-3-2-4-18(13-17)21(22,23)24/h2-8,13,19,26-27H,9-12,14H2,1H3. The van der Waals surface area contributed by atoms with Crippen LogP contribution in [-0.4, -0.2) is 34.7 Å². The lowest BCUT2D eigenvalue weighted by Crippen LogP contribution is -2.44. The van der Waals surface area contributed by atoms with E-state index >= 15 is 0 Å². The number of piperidine rings is 1. The molecule has 1 saturated heterocycles. The lowest BCUT2D eigenvalue weighted by molar-refractivity contribution is -0.137. The van der Waals surface area contributed by atoms with Crippen LogP contribution in [0.1, 0.15) is 41.2 Å². The van der Waals surface area contributed by atoms with Crippen LogP contribution < -0.4 is 0 Å². The van der Waals surface area contributed by atoms with Gasteiger partial charge in [0.15, 0.2) is 0 Å². The fraction of sp³-hybridized carbons (Fsp3) is 0.429. The monoisotopic (exact) mass is 379 g/mol. The van der Waals surface area contributed by atoms with Crippen LogP contribution >= 0.6 is 0 Å². The highest BCUT2D eigenvalue weighted by atomic mass is 19.4. The van der Waals surface area contributed by atoms with Gasteiger partial charge in [-0.15, -0.1) is 0 Å². The third-order valence-electron chi connectivity index (χ3n) is 5.30. The van der Waals surface area contributed by atoms with Gasteiger partial charge in [0.25, 0.3) is 0 Å². The van der Waals surface area contributed by atoms with Gasteiger partial charge in [-0.05, 0) is 43.0 Å². The maximum atomic E-state index is 12.9. The van der Waals surface area contributed by atoms with Crippen molar-refractivity contribution in [3.63, 3.8) is 0 Å². The van der Waals surface area contributed by atoms with Gasteiger partial charge in [0.1, 0.15) is 0 Å². The van der Waals surface area contributed by atoms with E-state index in [0.29, 0.717) is 38.0 Å². The van der Waals surface area contributed by atoms with Crippen LogP contribution in [-0.2, 0) is 11.8 Å². The molecule has 0 saturated carbocycles. The van der Waals surface area contributed by atoms with Crippen LogP contribution in [0, 0.1) is 6.92 Å². The van der Waals surface area contributed by atoms with Crippen LogP contribution in [0.15, 0.2) is 48.5 Å². The minimum absolute atomic E-state index is 0.302. The number of nitrogens with zero attached hydrogens (tertiary/aromatic N) is 1. The van der Waals surface area contributed by atoms with Crippen LogP contribution in [0.25, 0.3) is 0 Å². The lowest BCUT2D eigenvalue weighted by Gasteiger charge is -2.39. The van der Waals surface area contributed by atoms with E-state index in [1.807, 2.05) is 36.1 Å². The Balaban J connectivity index is 1.63. The van der Waals surface area contributed by atoms with Gasteiger partial charge in [-0.1, -0.05) is 42.0 Å². The molecule has 0 bridgehead atoms. The predicted octanol–water partition coefficient (Wildman–Crippen LogP) is 4.03. The SMILES string of the molecule is Cc1ccc(C(O)CN2CCC(O)(c3cccc(C(F)(F)F)c3)CC2)cc1. The zero-order valence-corrected chi connectivity index (χ0v) is 15.2. The Morgan fingerprint density at radius 3 is 2.30 bits per heavy atom. The highest BCUT2D eigenvalue weighted by Gasteiger charge is 2.37. The summed E-state index contributed by atoms with van der Waals surface area (Å²) in [6.45, 7) is 3.43. The Morgan fingerprint density at radius 1 is 1.07 bits per heavy atom. The Kier molecular flexibility index (Phi) is 5.60. The molecule has 0 amide bonds. The van der Waals surface area contributed by atoms with Crippen molar-refractivity contribution in [1.82, 2.24) is 4.90 Å². The van der Waals surface area contributed by atoms with Crippen molar-refractivity contribution < 1.29 is 23.4 Å². The van der Waals surface area contributed by atoms with Gasteiger partial charge >= 0.3 is 6.18 Å². The van der Waals surface area contributed by atoms with Crippen molar-refractivity contribution in [1.29, 1.82) is 0 Å². The van der Waals surface area contributed by atoms with E-state index in [-0.39, 0.29) is 0 Å². The second kappa shape index (κ2) is 7.62. The van der Waals surface area contributed by atoms with Crippen molar-refractivity contribution in [2.45, 2.75) is 37.6 Å². The number of β-amino-alcohol motifs (C(OH)–C–C–N with tert-alkyl or cyclic N) is 1. The topological polar surface area (TPSA) is 43.7 Å². The van der Waals surface area contributed by atoms with E-state index in [9.17, 15) is 23.4 Å². The van der Waals surface area contributed by atoms with Crippen LogP contribution in [0.4, 0.5) is 13.2 Å². The van der Waals surface area contributed by atoms with Gasteiger partial charge in [-0.3, -0.25) is 0 Å². The average Bonchev–Trinajstić information content (AvgIpc) is 2.64. The molecular formula is C21H24F3NO2. The first-order chi connectivity index (χ1) is 12.7. The molecule has 27 heavy (non-hydrogen) atoms. The largest absolute Gasteiger partial charge is 0.416 e. The zero-order valence-electron chi connectivity index (χ0n) is 15.2. The number of aliphatic hydroxyl groups excluding tert-OH is 1. The first-order valence-corrected chi connectivity index (χ1v) is 9.04. The Hall–Kier alpha value is -1.89. The molecule has 1 fully saturated rings.